The first-order valence-corrected chi connectivity index (χ1v) is 17.4. The Bertz CT molecular complexity index is 2420. The predicted octanol–water partition coefficient (Wildman–Crippen LogP) is -10.6. The van der Waals surface area contributed by atoms with Gasteiger partial charge in [-0.1, -0.05) is 51.6 Å². The van der Waals surface area contributed by atoms with Crippen LogP contribution in [-0.2, 0) is 9.31 Å². The van der Waals surface area contributed by atoms with Crippen LogP contribution in [0.25, 0.3) is 56.1 Å². The third-order valence-corrected chi connectivity index (χ3v) is 12.5. The van der Waals surface area contributed by atoms with E-state index in [1.807, 2.05) is 18.2 Å². The smallest absolute Gasteiger partial charge is 0.456 e. The average Bonchev–Trinajstić information content (AvgIpc) is 3.56. The van der Waals surface area contributed by atoms with Gasteiger partial charge in [-0.3, -0.25) is 0 Å². The molecule has 1 atom stereocenters. The fourth-order valence-corrected chi connectivity index (χ4v) is 8.26. The van der Waals surface area contributed by atoms with Gasteiger partial charge in [0.05, 0.1) is 11.1 Å². The van der Waals surface area contributed by atoms with E-state index in [4.69, 9.17) is 28.7 Å². The Labute approximate surface area is 297 Å². The van der Waals surface area contributed by atoms with E-state index in [-0.39, 0.29) is 0 Å². The van der Waals surface area contributed by atoms with E-state index in [1.54, 1.807) is 0 Å². The fourth-order valence-electron chi connectivity index (χ4n) is 8.26. The zero-order valence-corrected chi connectivity index (χ0v) is 30.8. The van der Waals surface area contributed by atoms with E-state index in [2.05, 4.69) is 110 Å². The van der Waals surface area contributed by atoms with E-state index < -0.39 is 18.2 Å². The lowest BCUT2D eigenvalue weighted by atomic mass is 9.45. The predicted molar refractivity (Wildman–Crippen MR) is 234 cm³/mol. The molecule has 6 aromatic rings. The topological polar surface area (TPSA) is 70.3 Å². The Morgan fingerprint density at radius 1 is 0.612 bits per heavy atom. The lowest BCUT2D eigenvalue weighted by Crippen LogP contribution is -2.64. The van der Waals surface area contributed by atoms with Crippen LogP contribution in [0.4, 0.5) is 0 Å². The second kappa shape index (κ2) is 10.9. The molecule has 1 fully saturated rings. The lowest BCUT2D eigenvalue weighted by molar-refractivity contribution is 0.0522. The first-order chi connectivity index (χ1) is 23.1. The number of aromatic nitrogens is 3. The Morgan fingerprint density at radius 3 is 1.84 bits per heavy atom. The third-order valence-electron chi connectivity index (χ3n) is 12.5. The summed E-state index contributed by atoms with van der Waals surface area (Å²) in [6, 6.07) is 12.4. The van der Waals surface area contributed by atoms with Gasteiger partial charge in [-0.15, -0.1) is 27.3 Å². The summed E-state index contributed by atoms with van der Waals surface area (Å²) in [5, 5.41) is 1.95. The molecule has 2 aliphatic rings. The van der Waals surface area contributed by atoms with Crippen LogP contribution in [0.5, 0.6) is 0 Å². The van der Waals surface area contributed by atoms with Crippen LogP contribution in [0, 0.1) is 0 Å². The van der Waals surface area contributed by atoms with E-state index in [0.29, 0.717) is 24.8 Å². The standard InChI is InChI=1S/C32H34B11N3O3/c1-31(2)32(3)42-27-21(36)17(20(35)24(39)26(27)41)30-45-28(44-29(46-30)16-18(33)22(37)25(40)23(38)19(16)34)11-5-4-6-14-15(11)12-9-10(43(48-31)49-32)7-8-13(12)47-14/h4-9,42H,33-41H2,1-3H3. The molecule has 0 N–H and O–H groups in total. The van der Waals surface area contributed by atoms with Gasteiger partial charge in [0.25, 0.3) is 0 Å². The van der Waals surface area contributed by atoms with Crippen molar-refractivity contribution >= 4 is 167 Å². The van der Waals surface area contributed by atoms with Crippen molar-refractivity contribution in [2.45, 2.75) is 31.9 Å². The molecule has 49 heavy (non-hydrogen) atoms. The van der Waals surface area contributed by atoms with Gasteiger partial charge in [-0.25, -0.2) is 15.0 Å². The highest BCUT2D eigenvalue weighted by Gasteiger charge is 2.55. The van der Waals surface area contributed by atoms with Crippen molar-refractivity contribution in [2.24, 2.45) is 0 Å². The van der Waals surface area contributed by atoms with Crippen molar-refractivity contribution in [3.05, 3.63) is 36.4 Å². The van der Waals surface area contributed by atoms with Crippen LogP contribution < -0.4 is 60.1 Å². The second-order valence-corrected chi connectivity index (χ2v) is 15.2. The van der Waals surface area contributed by atoms with Crippen LogP contribution in [0.2, 0.25) is 0 Å². The van der Waals surface area contributed by atoms with Crippen molar-refractivity contribution < 1.29 is 13.7 Å². The number of benzene rings is 4. The molecule has 8 bridgehead atoms. The van der Waals surface area contributed by atoms with Gasteiger partial charge in [-0.2, -0.15) is 0 Å². The van der Waals surface area contributed by atoms with Gasteiger partial charge >= 0.3 is 7.12 Å². The molecular formula is C32H34B11N3O3. The molecule has 0 spiro atoms. The first kappa shape index (κ1) is 32.5. The molecular weight excluding hydrogens is 593 g/mol. The molecule has 6 nitrogen and oxygen atoms in total. The molecule has 1 saturated heterocycles. The first-order valence-electron chi connectivity index (χ1n) is 17.4. The van der Waals surface area contributed by atoms with Crippen LogP contribution in [0.15, 0.2) is 40.8 Å². The average molecular weight is 628 g/mol. The summed E-state index contributed by atoms with van der Waals surface area (Å²) in [6.45, 7) is 6.48. The maximum atomic E-state index is 6.98. The van der Waals surface area contributed by atoms with Crippen LogP contribution in [0.3, 0.4) is 0 Å². The highest BCUT2D eigenvalue weighted by molar-refractivity contribution is 6.76. The minimum absolute atomic E-state index is 0.525. The Morgan fingerprint density at radius 2 is 1.18 bits per heavy atom. The molecule has 4 heterocycles. The van der Waals surface area contributed by atoms with Gasteiger partial charge in [0.1, 0.15) is 81.8 Å². The summed E-state index contributed by atoms with van der Waals surface area (Å²) >= 11 is 0. The van der Waals surface area contributed by atoms with Gasteiger partial charge in [0.15, 0.2) is 24.8 Å². The second-order valence-electron chi connectivity index (χ2n) is 15.2. The van der Waals surface area contributed by atoms with E-state index in [0.717, 1.165) is 49.6 Å². The summed E-state index contributed by atoms with van der Waals surface area (Å²) in [5.41, 5.74) is 16.7. The number of furan rings is 1. The van der Waals surface area contributed by atoms with Gasteiger partial charge in [0, 0.05) is 27.5 Å². The van der Waals surface area contributed by atoms with E-state index in [1.165, 1.54) is 49.2 Å². The van der Waals surface area contributed by atoms with Crippen molar-refractivity contribution in [2.75, 3.05) is 0 Å². The molecule has 2 aliphatic heterocycles. The Hall–Kier alpha value is -3.68. The van der Waals surface area contributed by atoms with Crippen molar-refractivity contribution in [3.8, 4) is 34.2 Å². The zero-order valence-electron chi connectivity index (χ0n) is 30.8. The summed E-state index contributed by atoms with van der Waals surface area (Å²) in [6.07, 6.45) is 0. The molecule has 1 unspecified atom stereocenters. The Kier molecular flexibility index (Phi) is 7.24. The lowest BCUT2D eigenvalue weighted by Gasteiger charge is -2.37. The molecule has 0 amide bonds. The molecule has 0 saturated carbocycles. The molecule has 2 aromatic heterocycles. The fraction of sp³-hybridized carbons (Fsp3) is 0.156. The number of rotatable bonds is 1. The minimum Gasteiger partial charge on any atom is -0.456 e. The quantitative estimate of drug-likeness (QED) is 0.169. The summed E-state index contributed by atoms with van der Waals surface area (Å²) in [7, 11) is 20.0. The highest BCUT2D eigenvalue weighted by atomic mass is 16.7. The van der Waals surface area contributed by atoms with Gasteiger partial charge in [0.2, 0.25) is 0 Å². The SMILES string of the molecule is Bc1c(B)c(B)c(-c2nc3nc(n2)-c2cccc4oc5ccc(cc5c24)B2OC(C)(C)C(C)(Bc4c(B)c(B)c(B)c-3c4B)O2)c(B)c1B. The van der Waals surface area contributed by atoms with Crippen LogP contribution >= 0.6 is 0 Å². The Balaban J connectivity index is 1.55. The third kappa shape index (κ3) is 4.60. The van der Waals surface area contributed by atoms with E-state index >= 15 is 0 Å². The van der Waals surface area contributed by atoms with E-state index in [9.17, 15) is 0 Å². The largest absolute Gasteiger partial charge is 0.494 e. The van der Waals surface area contributed by atoms with Crippen molar-refractivity contribution in [3.63, 3.8) is 0 Å². The maximum Gasteiger partial charge on any atom is 0.494 e. The number of hydrogen-bond donors (Lipinski definition) is 0. The van der Waals surface area contributed by atoms with Crippen molar-refractivity contribution in [1.29, 1.82) is 0 Å². The zero-order chi connectivity index (χ0) is 34.9. The summed E-state index contributed by atoms with van der Waals surface area (Å²) in [5.74, 6) is 2.00. The minimum atomic E-state index is -0.606. The van der Waals surface area contributed by atoms with Gasteiger partial charge < -0.3 is 13.7 Å². The molecule has 8 rings (SSSR count). The molecule has 17 heteroatoms. The summed E-state index contributed by atoms with van der Waals surface area (Å²) in [4.78, 5) is 16.1. The molecule has 4 aromatic carbocycles. The van der Waals surface area contributed by atoms with Crippen LogP contribution in [0.1, 0.15) is 20.8 Å². The number of fused-ring (bicyclic) bond motifs is 10. The monoisotopic (exact) mass is 629 g/mol. The van der Waals surface area contributed by atoms with Gasteiger partial charge in [-0.05, 0) is 38.4 Å². The summed E-state index contributed by atoms with van der Waals surface area (Å²) < 4.78 is 20.2. The molecule has 0 aliphatic carbocycles. The maximum absolute atomic E-state index is 6.98. The highest BCUT2D eigenvalue weighted by Crippen LogP contribution is 2.39. The van der Waals surface area contributed by atoms with Crippen molar-refractivity contribution in [1.82, 2.24) is 15.0 Å². The molecule has 228 valence electrons. The normalized spacial score (nSPS) is 17.8. The number of nitrogens with zero attached hydrogens (tertiary/aromatic N) is 3. The molecule has 0 radical (unpaired) electrons. The number of hydrogen-bond acceptors (Lipinski definition) is 6. The van der Waals surface area contributed by atoms with Crippen LogP contribution in [-0.4, -0.2) is 111 Å².